The summed E-state index contributed by atoms with van der Waals surface area (Å²) in [6.45, 7) is 0.840. The van der Waals surface area contributed by atoms with E-state index < -0.39 is 5.82 Å². The maximum Gasteiger partial charge on any atom is 0.254 e. The average molecular weight is 495 g/mol. The molecule has 8 heteroatoms. The molecule has 2 aliphatic rings. The van der Waals surface area contributed by atoms with Crippen molar-refractivity contribution < 1.29 is 23.5 Å². The van der Waals surface area contributed by atoms with Crippen LogP contribution in [0.2, 0.25) is 0 Å². The summed E-state index contributed by atoms with van der Waals surface area (Å²) in [4.78, 5) is 31.5. The SMILES string of the molecule is COc1ccccc1OC[C@@H]1c2ccsc2CCN1C(=O)CN(C(=O)c1ccc(F)cc1)C1CC1. The lowest BCUT2D eigenvalue weighted by Crippen LogP contribution is -2.48. The Kier molecular flexibility index (Phi) is 6.72. The van der Waals surface area contributed by atoms with E-state index in [0.29, 0.717) is 23.6 Å². The number of methoxy groups -OCH3 is 1. The van der Waals surface area contributed by atoms with Gasteiger partial charge in [-0.15, -0.1) is 11.3 Å². The molecule has 1 fully saturated rings. The number of thiophene rings is 1. The van der Waals surface area contributed by atoms with E-state index in [4.69, 9.17) is 9.47 Å². The van der Waals surface area contributed by atoms with Gasteiger partial charge in [-0.3, -0.25) is 9.59 Å². The van der Waals surface area contributed by atoms with Crippen LogP contribution in [0.25, 0.3) is 0 Å². The van der Waals surface area contributed by atoms with E-state index in [-0.39, 0.29) is 37.0 Å². The minimum absolute atomic E-state index is 0.00843. The minimum atomic E-state index is -0.395. The number of rotatable bonds is 8. The van der Waals surface area contributed by atoms with Crippen LogP contribution < -0.4 is 9.47 Å². The van der Waals surface area contributed by atoms with Crippen LogP contribution in [-0.2, 0) is 11.2 Å². The third kappa shape index (κ3) is 5.03. The maximum atomic E-state index is 13.6. The molecule has 6 nitrogen and oxygen atoms in total. The first-order valence-corrected chi connectivity index (χ1v) is 12.6. The molecule has 0 unspecified atom stereocenters. The van der Waals surface area contributed by atoms with Gasteiger partial charge in [0, 0.05) is 23.0 Å². The Morgan fingerprint density at radius 1 is 1.09 bits per heavy atom. The van der Waals surface area contributed by atoms with E-state index in [2.05, 4.69) is 6.07 Å². The van der Waals surface area contributed by atoms with Gasteiger partial charge in [0.1, 0.15) is 19.0 Å². The van der Waals surface area contributed by atoms with E-state index in [0.717, 1.165) is 24.8 Å². The zero-order valence-electron chi connectivity index (χ0n) is 19.5. The number of benzene rings is 2. The molecule has 2 aromatic carbocycles. The van der Waals surface area contributed by atoms with Crippen molar-refractivity contribution in [2.45, 2.75) is 31.3 Å². The second kappa shape index (κ2) is 10.1. The molecule has 2 amide bonds. The molecule has 1 aliphatic carbocycles. The van der Waals surface area contributed by atoms with Crippen molar-refractivity contribution in [1.82, 2.24) is 9.80 Å². The van der Waals surface area contributed by atoms with Gasteiger partial charge in [-0.25, -0.2) is 4.39 Å². The number of ether oxygens (including phenoxy) is 2. The summed E-state index contributed by atoms with van der Waals surface area (Å²) in [7, 11) is 1.60. The number of nitrogens with zero attached hydrogens (tertiary/aromatic N) is 2. The van der Waals surface area contributed by atoms with Crippen LogP contribution >= 0.6 is 11.3 Å². The number of fused-ring (bicyclic) bond motifs is 1. The van der Waals surface area contributed by atoms with Gasteiger partial charge in [-0.2, -0.15) is 0 Å². The summed E-state index contributed by atoms with van der Waals surface area (Å²) in [5.41, 5.74) is 1.48. The number of hydrogen-bond acceptors (Lipinski definition) is 5. The highest BCUT2D eigenvalue weighted by atomic mass is 32.1. The van der Waals surface area contributed by atoms with Crippen molar-refractivity contribution in [3.05, 3.63) is 81.8 Å². The predicted octanol–water partition coefficient (Wildman–Crippen LogP) is 4.71. The molecule has 3 aromatic rings. The fraction of sp³-hybridized carbons (Fsp3) is 0.333. The normalized spacial score (nSPS) is 17.0. The molecule has 0 spiro atoms. The predicted molar refractivity (Wildman–Crippen MR) is 131 cm³/mol. The standard InChI is InChI=1S/C27H27FN2O4S/c1-33-23-4-2-3-5-24(23)34-17-22-21-13-15-35-25(21)12-14-29(22)26(31)16-30(20-10-11-20)27(32)18-6-8-19(28)9-7-18/h2-9,13,15,20,22H,10-12,14,16-17H2,1H3/t22-/m1/s1. The lowest BCUT2D eigenvalue weighted by molar-refractivity contribution is -0.135. The van der Waals surface area contributed by atoms with E-state index in [1.54, 1.807) is 23.3 Å². The van der Waals surface area contributed by atoms with Crippen LogP contribution in [0.1, 0.15) is 39.7 Å². The lowest BCUT2D eigenvalue weighted by atomic mass is 10.0. The molecule has 2 heterocycles. The number of carbonyl (C=O) groups excluding carboxylic acids is 2. The van der Waals surface area contributed by atoms with Crippen LogP contribution in [0.3, 0.4) is 0 Å². The van der Waals surface area contributed by atoms with E-state index in [1.165, 1.54) is 29.1 Å². The van der Waals surface area contributed by atoms with E-state index in [9.17, 15) is 14.0 Å². The Morgan fingerprint density at radius 2 is 1.83 bits per heavy atom. The number of carbonyl (C=O) groups is 2. The topological polar surface area (TPSA) is 59.1 Å². The summed E-state index contributed by atoms with van der Waals surface area (Å²) in [5, 5.41) is 2.04. The second-order valence-electron chi connectivity index (χ2n) is 8.79. The Hall–Kier alpha value is -3.39. The number of para-hydroxylation sites is 2. The fourth-order valence-electron chi connectivity index (χ4n) is 4.53. The van der Waals surface area contributed by atoms with Crippen molar-refractivity contribution in [1.29, 1.82) is 0 Å². The molecular weight excluding hydrogens is 467 g/mol. The van der Waals surface area contributed by atoms with Crippen LogP contribution in [0.5, 0.6) is 11.5 Å². The van der Waals surface area contributed by atoms with Gasteiger partial charge in [-0.05, 0) is 72.7 Å². The van der Waals surface area contributed by atoms with Crippen LogP contribution in [-0.4, -0.2) is 54.5 Å². The molecule has 1 saturated carbocycles. The zero-order chi connectivity index (χ0) is 24.4. The number of halogens is 1. The zero-order valence-corrected chi connectivity index (χ0v) is 20.3. The lowest BCUT2D eigenvalue weighted by Gasteiger charge is -2.37. The summed E-state index contributed by atoms with van der Waals surface area (Å²) in [5.74, 6) is 0.509. The quantitative estimate of drug-likeness (QED) is 0.455. The Bertz CT molecular complexity index is 1210. The van der Waals surface area contributed by atoms with E-state index in [1.807, 2.05) is 34.5 Å². The molecular formula is C27H27FN2O4S. The summed E-state index contributed by atoms with van der Waals surface area (Å²) >= 11 is 1.69. The Morgan fingerprint density at radius 3 is 2.54 bits per heavy atom. The monoisotopic (exact) mass is 494 g/mol. The van der Waals surface area contributed by atoms with Crippen molar-refractivity contribution in [2.75, 3.05) is 26.8 Å². The van der Waals surface area contributed by atoms with Crippen molar-refractivity contribution in [3.63, 3.8) is 0 Å². The van der Waals surface area contributed by atoms with Crippen LogP contribution in [0, 0.1) is 5.82 Å². The largest absolute Gasteiger partial charge is 0.493 e. The molecule has 182 valence electrons. The molecule has 35 heavy (non-hydrogen) atoms. The first-order chi connectivity index (χ1) is 17.0. The molecule has 0 bridgehead atoms. The summed E-state index contributed by atoms with van der Waals surface area (Å²) < 4.78 is 24.9. The first-order valence-electron chi connectivity index (χ1n) is 11.7. The highest BCUT2D eigenvalue weighted by molar-refractivity contribution is 7.10. The maximum absolute atomic E-state index is 13.6. The minimum Gasteiger partial charge on any atom is -0.493 e. The van der Waals surface area contributed by atoms with Gasteiger partial charge >= 0.3 is 0 Å². The second-order valence-corrected chi connectivity index (χ2v) is 9.79. The Labute approximate surface area is 207 Å². The molecule has 1 aromatic heterocycles. The summed E-state index contributed by atoms with van der Waals surface area (Å²) in [6.07, 6.45) is 2.52. The Balaban J connectivity index is 1.35. The summed E-state index contributed by atoms with van der Waals surface area (Å²) in [6, 6.07) is 14.8. The molecule has 0 N–H and O–H groups in total. The van der Waals surface area contributed by atoms with Gasteiger partial charge < -0.3 is 19.3 Å². The molecule has 0 radical (unpaired) electrons. The molecule has 0 saturated heterocycles. The van der Waals surface area contributed by atoms with Gasteiger partial charge in [-0.1, -0.05) is 12.1 Å². The van der Waals surface area contributed by atoms with Gasteiger partial charge in [0.25, 0.3) is 5.91 Å². The average Bonchev–Trinajstić information content (AvgIpc) is 3.61. The third-order valence-corrected chi connectivity index (χ3v) is 7.52. The van der Waals surface area contributed by atoms with Crippen LogP contribution in [0.15, 0.2) is 60.0 Å². The van der Waals surface area contributed by atoms with Crippen molar-refractivity contribution >= 4 is 23.2 Å². The fourth-order valence-corrected chi connectivity index (χ4v) is 5.46. The van der Waals surface area contributed by atoms with Gasteiger partial charge in [0.2, 0.25) is 5.91 Å². The highest BCUT2D eigenvalue weighted by Crippen LogP contribution is 2.36. The molecule has 1 atom stereocenters. The van der Waals surface area contributed by atoms with Crippen molar-refractivity contribution in [2.24, 2.45) is 0 Å². The van der Waals surface area contributed by atoms with Crippen LogP contribution in [0.4, 0.5) is 4.39 Å². The third-order valence-electron chi connectivity index (χ3n) is 6.53. The first kappa shape index (κ1) is 23.4. The number of hydrogen-bond donors (Lipinski definition) is 0. The molecule has 5 rings (SSSR count). The highest BCUT2D eigenvalue weighted by Gasteiger charge is 2.38. The van der Waals surface area contributed by atoms with E-state index >= 15 is 0 Å². The van der Waals surface area contributed by atoms with Gasteiger partial charge in [0.05, 0.1) is 13.2 Å². The molecule has 1 aliphatic heterocycles. The van der Waals surface area contributed by atoms with Crippen molar-refractivity contribution in [3.8, 4) is 11.5 Å². The number of amides is 2. The smallest absolute Gasteiger partial charge is 0.254 e. The van der Waals surface area contributed by atoms with Gasteiger partial charge in [0.15, 0.2) is 11.5 Å².